The van der Waals surface area contributed by atoms with Crippen LogP contribution in [0.2, 0.25) is 0 Å². The Hall–Kier alpha value is -0.410. The molecule has 0 atom stereocenters. The highest BCUT2D eigenvalue weighted by Crippen LogP contribution is 2.27. The summed E-state index contributed by atoms with van der Waals surface area (Å²) in [5.41, 5.74) is 2.01. The standard InChI is InChI=1S/C11H10Br2O/c1-7(5-8(2)14)10-4-3-9(12)6-11(10)13/h3-6H,1-2H3/b7-5+. The Kier molecular flexibility index (Phi) is 4.08. The molecule has 0 N–H and O–H groups in total. The van der Waals surface area contributed by atoms with Crippen molar-refractivity contribution in [1.82, 2.24) is 0 Å². The topological polar surface area (TPSA) is 17.1 Å². The first-order valence-electron chi connectivity index (χ1n) is 4.15. The normalized spacial score (nSPS) is 11.6. The Morgan fingerprint density at radius 3 is 2.43 bits per heavy atom. The highest BCUT2D eigenvalue weighted by atomic mass is 79.9. The highest BCUT2D eigenvalue weighted by molar-refractivity contribution is 9.11. The molecule has 0 saturated carbocycles. The van der Waals surface area contributed by atoms with Gasteiger partial charge < -0.3 is 0 Å². The lowest BCUT2D eigenvalue weighted by Crippen LogP contribution is -1.87. The molecule has 1 nitrogen and oxygen atoms in total. The van der Waals surface area contributed by atoms with Crippen LogP contribution in [-0.2, 0) is 4.79 Å². The lowest BCUT2D eigenvalue weighted by molar-refractivity contribution is -0.112. The van der Waals surface area contributed by atoms with Crippen LogP contribution < -0.4 is 0 Å². The van der Waals surface area contributed by atoms with Gasteiger partial charge in [-0.25, -0.2) is 0 Å². The van der Waals surface area contributed by atoms with Gasteiger partial charge in [-0.05, 0) is 43.2 Å². The van der Waals surface area contributed by atoms with E-state index in [9.17, 15) is 4.79 Å². The predicted molar refractivity (Wildman–Crippen MR) is 66.2 cm³/mol. The molecule has 0 bridgehead atoms. The van der Waals surface area contributed by atoms with Crippen molar-refractivity contribution in [2.45, 2.75) is 13.8 Å². The summed E-state index contributed by atoms with van der Waals surface area (Å²) < 4.78 is 2.01. The number of ketones is 1. The van der Waals surface area contributed by atoms with Crippen LogP contribution in [0.5, 0.6) is 0 Å². The average Bonchev–Trinajstić information content (AvgIpc) is 2.01. The zero-order valence-electron chi connectivity index (χ0n) is 7.97. The van der Waals surface area contributed by atoms with E-state index in [2.05, 4.69) is 31.9 Å². The summed E-state index contributed by atoms with van der Waals surface area (Å²) in [6, 6.07) is 5.90. The fourth-order valence-corrected chi connectivity index (χ4v) is 2.55. The SMILES string of the molecule is CC(=O)/C=C(\C)c1ccc(Br)cc1Br. The van der Waals surface area contributed by atoms with Crippen LogP contribution >= 0.6 is 31.9 Å². The molecular weight excluding hydrogens is 308 g/mol. The zero-order chi connectivity index (χ0) is 10.7. The van der Waals surface area contributed by atoms with Crippen molar-refractivity contribution in [3.63, 3.8) is 0 Å². The van der Waals surface area contributed by atoms with Gasteiger partial charge >= 0.3 is 0 Å². The van der Waals surface area contributed by atoms with Crippen molar-refractivity contribution in [3.8, 4) is 0 Å². The predicted octanol–water partition coefficient (Wildman–Crippen LogP) is 4.20. The van der Waals surface area contributed by atoms with Crippen LogP contribution in [0.25, 0.3) is 5.57 Å². The van der Waals surface area contributed by atoms with Gasteiger partial charge in [-0.3, -0.25) is 4.79 Å². The molecule has 0 radical (unpaired) electrons. The van der Waals surface area contributed by atoms with E-state index in [1.807, 2.05) is 25.1 Å². The number of halogens is 2. The van der Waals surface area contributed by atoms with Crippen molar-refractivity contribution in [1.29, 1.82) is 0 Å². The van der Waals surface area contributed by atoms with Gasteiger partial charge in [0.25, 0.3) is 0 Å². The van der Waals surface area contributed by atoms with E-state index in [-0.39, 0.29) is 5.78 Å². The molecule has 74 valence electrons. The number of benzene rings is 1. The first kappa shape index (κ1) is 11.7. The molecule has 0 aliphatic carbocycles. The molecule has 3 heteroatoms. The van der Waals surface area contributed by atoms with Gasteiger partial charge in [-0.1, -0.05) is 37.9 Å². The fourth-order valence-electron chi connectivity index (χ4n) is 1.19. The molecule has 0 unspecified atom stereocenters. The van der Waals surface area contributed by atoms with E-state index in [0.29, 0.717) is 0 Å². The molecule has 0 aliphatic heterocycles. The largest absolute Gasteiger partial charge is 0.295 e. The van der Waals surface area contributed by atoms with Crippen LogP contribution in [0, 0.1) is 0 Å². The molecule has 0 aliphatic rings. The Bertz CT molecular complexity index is 394. The molecule has 0 heterocycles. The molecule has 14 heavy (non-hydrogen) atoms. The second-order valence-electron chi connectivity index (χ2n) is 3.06. The van der Waals surface area contributed by atoms with Crippen LogP contribution in [0.15, 0.2) is 33.2 Å². The first-order valence-corrected chi connectivity index (χ1v) is 5.73. The molecule has 0 amide bonds. The summed E-state index contributed by atoms with van der Waals surface area (Å²) in [5.74, 6) is 0.0670. The summed E-state index contributed by atoms with van der Waals surface area (Å²) in [4.78, 5) is 10.9. The number of carbonyl (C=O) groups is 1. The maximum Gasteiger partial charge on any atom is 0.152 e. The van der Waals surface area contributed by atoms with E-state index >= 15 is 0 Å². The number of allylic oxidation sites excluding steroid dienone is 2. The van der Waals surface area contributed by atoms with Crippen molar-refractivity contribution in [3.05, 3.63) is 38.8 Å². The van der Waals surface area contributed by atoms with Gasteiger partial charge in [0.2, 0.25) is 0 Å². The van der Waals surface area contributed by atoms with E-state index in [0.717, 1.165) is 20.1 Å². The quantitative estimate of drug-likeness (QED) is 0.747. The van der Waals surface area contributed by atoms with Crippen LogP contribution in [0.1, 0.15) is 19.4 Å². The second kappa shape index (κ2) is 4.89. The molecule has 0 spiro atoms. The fraction of sp³-hybridized carbons (Fsp3) is 0.182. The van der Waals surface area contributed by atoms with Crippen LogP contribution in [0.4, 0.5) is 0 Å². The summed E-state index contributed by atoms with van der Waals surface area (Å²) in [6.07, 6.45) is 1.63. The van der Waals surface area contributed by atoms with Crippen molar-refractivity contribution in [2.24, 2.45) is 0 Å². The van der Waals surface area contributed by atoms with E-state index in [4.69, 9.17) is 0 Å². The van der Waals surface area contributed by atoms with Gasteiger partial charge in [0, 0.05) is 8.95 Å². The third kappa shape index (κ3) is 3.07. The first-order chi connectivity index (χ1) is 6.50. The monoisotopic (exact) mass is 316 g/mol. The van der Waals surface area contributed by atoms with Crippen LogP contribution in [0.3, 0.4) is 0 Å². The third-order valence-electron chi connectivity index (χ3n) is 1.78. The number of carbonyl (C=O) groups excluding carboxylic acids is 1. The van der Waals surface area contributed by atoms with Gasteiger partial charge in [0.05, 0.1) is 0 Å². The Balaban J connectivity index is 3.14. The molecular formula is C11H10Br2O. The van der Waals surface area contributed by atoms with Crippen molar-refractivity contribution < 1.29 is 4.79 Å². The Morgan fingerprint density at radius 2 is 1.93 bits per heavy atom. The lowest BCUT2D eigenvalue weighted by Gasteiger charge is -2.04. The minimum Gasteiger partial charge on any atom is -0.295 e. The highest BCUT2D eigenvalue weighted by Gasteiger charge is 2.02. The molecule has 0 aromatic heterocycles. The van der Waals surface area contributed by atoms with Crippen molar-refractivity contribution in [2.75, 3.05) is 0 Å². The summed E-state index contributed by atoms with van der Waals surface area (Å²) in [6.45, 7) is 3.48. The van der Waals surface area contributed by atoms with Crippen molar-refractivity contribution >= 4 is 43.2 Å². The lowest BCUT2D eigenvalue weighted by atomic mass is 10.1. The van der Waals surface area contributed by atoms with E-state index in [1.165, 1.54) is 0 Å². The summed E-state index contributed by atoms with van der Waals surface area (Å²) >= 11 is 6.84. The average molecular weight is 318 g/mol. The zero-order valence-corrected chi connectivity index (χ0v) is 11.1. The molecule has 0 fully saturated rings. The smallest absolute Gasteiger partial charge is 0.152 e. The summed E-state index contributed by atoms with van der Waals surface area (Å²) in [5, 5.41) is 0. The summed E-state index contributed by atoms with van der Waals surface area (Å²) in [7, 11) is 0. The molecule has 1 aromatic rings. The van der Waals surface area contributed by atoms with Gasteiger partial charge in [-0.15, -0.1) is 0 Å². The number of hydrogen-bond acceptors (Lipinski definition) is 1. The number of hydrogen-bond donors (Lipinski definition) is 0. The minimum absolute atomic E-state index is 0.0670. The van der Waals surface area contributed by atoms with E-state index < -0.39 is 0 Å². The van der Waals surface area contributed by atoms with Gasteiger partial charge in [-0.2, -0.15) is 0 Å². The van der Waals surface area contributed by atoms with E-state index in [1.54, 1.807) is 13.0 Å². The maximum atomic E-state index is 10.9. The Morgan fingerprint density at radius 1 is 1.29 bits per heavy atom. The van der Waals surface area contributed by atoms with Crippen LogP contribution in [-0.4, -0.2) is 5.78 Å². The maximum absolute atomic E-state index is 10.9. The third-order valence-corrected chi connectivity index (χ3v) is 2.93. The van der Waals surface area contributed by atoms with Gasteiger partial charge in [0.1, 0.15) is 0 Å². The Labute approximate surface area is 100 Å². The molecule has 0 saturated heterocycles. The molecule has 1 rings (SSSR count). The van der Waals surface area contributed by atoms with Gasteiger partial charge in [0.15, 0.2) is 5.78 Å². The minimum atomic E-state index is 0.0670. The number of rotatable bonds is 2. The molecule has 1 aromatic carbocycles. The second-order valence-corrected chi connectivity index (χ2v) is 4.83.